The number of pyridine rings is 1. The SMILES string of the molecule is C=C(C)COC(=O)c1cccnc1N(C)C. The number of ether oxygens (including phenoxy) is 1. The first kappa shape index (κ1) is 12.2. The maximum Gasteiger partial charge on any atom is 0.342 e. The molecular formula is C12H16N2O2. The second-order valence-corrected chi connectivity index (χ2v) is 3.80. The van der Waals surface area contributed by atoms with Crippen molar-refractivity contribution in [2.24, 2.45) is 0 Å². The molecule has 0 saturated heterocycles. The Morgan fingerprint density at radius 1 is 1.56 bits per heavy atom. The summed E-state index contributed by atoms with van der Waals surface area (Å²) in [5, 5.41) is 0. The molecule has 0 aliphatic carbocycles. The highest BCUT2D eigenvalue weighted by Crippen LogP contribution is 2.15. The Balaban J connectivity index is 2.86. The summed E-state index contributed by atoms with van der Waals surface area (Å²) in [6.45, 7) is 5.72. The molecule has 86 valence electrons. The quantitative estimate of drug-likeness (QED) is 0.574. The average Bonchev–Trinajstić information content (AvgIpc) is 2.25. The molecule has 16 heavy (non-hydrogen) atoms. The van der Waals surface area contributed by atoms with Crippen molar-refractivity contribution < 1.29 is 9.53 Å². The molecule has 0 radical (unpaired) electrons. The Morgan fingerprint density at radius 2 is 2.25 bits per heavy atom. The van der Waals surface area contributed by atoms with Crippen LogP contribution in [0.1, 0.15) is 17.3 Å². The Morgan fingerprint density at radius 3 is 2.81 bits per heavy atom. The Bertz CT molecular complexity index is 400. The number of carbonyl (C=O) groups is 1. The molecule has 0 saturated carbocycles. The lowest BCUT2D eigenvalue weighted by atomic mass is 10.2. The van der Waals surface area contributed by atoms with E-state index in [9.17, 15) is 4.79 Å². The van der Waals surface area contributed by atoms with Gasteiger partial charge in [-0.3, -0.25) is 0 Å². The van der Waals surface area contributed by atoms with E-state index >= 15 is 0 Å². The van der Waals surface area contributed by atoms with Gasteiger partial charge in [-0.05, 0) is 24.6 Å². The van der Waals surface area contributed by atoms with Crippen molar-refractivity contribution in [1.29, 1.82) is 0 Å². The molecule has 0 amide bonds. The minimum absolute atomic E-state index is 0.237. The van der Waals surface area contributed by atoms with Crippen LogP contribution in [0.2, 0.25) is 0 Å². The third-order valence-electron chi connectivity index (χ3n) is 1.88. The molecule has 0 aromatic carbocycles. The van der Waals surface area contributed by atoms with Gasteiger partial charge in [0.05, 0.1) is 0 Å². The number of anilines is 1. The predicted molar refractivity (Wildman–Crippen MR) is 63.7 cm³/mol. The van der Waals surface area contributed by atoms with Crippen LogP contribution in [0.4, 0.5) is 5.82 Å². The van der Waals surface area contributed by atoms with Crippen LogP contribution in [-0.2, 0) is 4.74 Å². The smallest absolute Gasteiger partial charge is 0.342 e. The van der Waals surface area contributed by atoms with E-state index in [1.54, 1.807) is 23.2 Å². The summed E-state index contributed by atoms with van der Waals surface area (Å²) < 4.78 is 5.08. The van der Waals surface area contributed by atoms with E-state index in [1.165, 1.54) is 0 Å². The molecule has 0 spiro atoms. The zero-order chi connectivity index (χ0) is 12.1. The van der Waals surface area contributed by atoms with Gasteiger partial charge in [-0.15, -0.1) is 0 Å². The summed E-state index contributed by atoms with van der Waals surface area (Å²) in [5.41, 5.74) is 1.28. The van der Waals surface area contributed by atoms with Crippen LogP contribution < -0.4 is 4.90 Å². The Kier molecular flexibility index (Phi) is 4.05. The van der Waals surface area contributed by atoms with Crippen LogP contribution in [-0.4, -0.2) is 31.7 Å². The van der Waals surface area contributed by atoms with Gasteiger partial charge in [0.2, 0.25) is 0 Å². The summed E-state index contributed by atoms with van der Waals surface area (Å²) in [6.07, 6.45) is 1.64. The van der Waals surface area contributed by atoms with Crippen molar-refractivity contribution in [2.75, 3.05) is 25.6 Å². The molecule has 0 aliphatic heterocycles. The van der Waals surface area contributed by atoms with Crippen molar-refractivity contribution in [3.8, 4) is 0 Å². The van der Waals surface area contributed by atoms with Crippen LogP contribution in [0.5, 0.6) is 0 Å². The number of carbonyl (C=O) groups excluding carboxylic acids is 1. The highest BCUT2D eigenvalue weighted by Gasteiger charge is 2.14. The Labute approximate surface area is 95.6 Å². The summed E-state index contributed by atoms with van der Waals surface area (Å²) in [6, 6.07) is 3.41. The van der Waals surface area contributed by atoms with E-state index in [0.717, 1.165) is 5.57 Å². The van der Waals surface area contributed by atoms with E-state index in [4.69, 9.17) is 4.74 Å². The van der Waals surface area contributed by atoms with Gasteiger partial charge in [0, 0.05) is 20.3 Å². The van der Waals surface area contributed by atoms with Gasteiger partial charge in [0.25, 0.3) is 0 Å². The molecule has 1 aromatic rings. The summed E-state index contributed by atoms with van der Waals surface area (Å²) in [4.78, 5) is 17.6. The molecule has 0 aliphatic rings. The van der Waals surface area contributed by atoms with E-state index in [0.29, 0.717) is 11.4 Å². The van der Waals surface area contributed by atoms with Gasteiger partial charge in [0.15, 0.2) is 0 Å². The fourth-order valence-electron chi connectivity index (χ4n) is 1.18. The molecule has 0 fully saturated rings. The van der Waals surface area contributed by atoms with Crippen molar-refractivity contribution >= 4 is 11.8 Å². The van der Waals surface area contributed by atoms with Gasteiger partial charge in [-0.2, -0.15) is 0 Å². The topological polar surface area (TPSA) is 42.4 Å². The van der Waals surface area contributed by atoms with E-state index in [1.807, 2.05) is 21.0 Å². The van der Waals surface area contributed by atoms with Gasteiger partial charge in [-0.25, -0.2) is 9.78 Å². The maximum absolute atomic E-state index is 11.7. The second-order valence-electron chi connectivity index (χ2n) is 3.80. The number of hydrogen-bond donors (Lipinski definition) is 0. The fourth-order valence-corrected chi connectivity index (χ4v) is 1.18. The summed E-state index contributed by atoms with van der Waals surface area (Å²) >= 11 is 0. The first-order valence-corrected chi connectivity index (χ1v) is 4.96. The zero-order valence-electron chi connectivity index (χ0n) is 9.86. The monoisotopic (exact) mass is 220 g/mol. The minimum Gasteiger partial charge on any atom is -0.457 e. The largest absolute Gasteiger partial charge is 0.457 e. The second kappa shape index (κ2) is 5.30. The fraction of sp³-hybridized carbons (Fsp3) is 0.333. The van der Waals surface area contributed by atoms with Crippen LogP contribution >= 0.6 is 0 Å². The molecule has 1 rings (SSSR count). The minimum atomic E-state index is -0.375. The highest BCUT2D eigenvalue weighted by atomic mass is 16.5. The standard InChI is InChI=1S/C12H16N2O2/c1-9(2)8-16-12(15)10-6-5-7-13-11(10)14(3)4/h5-7H,1,8H2,2-4H3. The van der Waals surface area contributed by atoms with Crippen molar-refractivity contribution in [3.63, 3.8) is 0 Å². The van der Waals surface area contributed by atoms with Crippen LogP contribution in [0.15, 0.2) is 30.5 Å². The number of aromatic nitrogens is 1. The molecule has 0 atom stereocenters. The molecule has 4 heteroatoms. The van der Waals surface area contributed by atoms with E-state index in [2.05, 4.69) is 11.6 Å². The first-order valence-electron chi connectivity index (χ1n) is 4.96. The molecule has 0 bridgehead atoms. The molecule has 0 unspecified atom stereocenters. The van der Waals surface area contributed by atoms with Crippen LogP contribution in [0, 0.1) is 0 Å². The van der Waals surface area contributed by atoms with Crippen LogP contribution in [0.3, 0.4) is 0 Å². The molecule has 4 nitrogen and oxygen atoms in total. The van der Waals surface area contributed by atoms with E-state index < -0.39 is 0 Å². The average molecular weight is 220 g/mol. The van der Waals surface area contributed by atoms with Gasteiger partial charge >= 0.3 is 5.97 Å². The van der Waals surface area contributed by atoms with E-state index in [-0.39, 0.29) is 12.6 Å². The molecule has 1 heterocycles. The lowest BCUT2D eigenvalue weighted by Crippen LogP contribution is -2.17. The number of hydrogen-bond acceptors (Lipinski definition) is 4. The first-order chi connectivity index (χ1) is 7.52. The van der Waals surface area contributed by atoms with Crippen molar-refractivity contribution in [3.05, 3.63) is 36.0 Å². The lowest BCUT2D eigenvalue weighted by Gasteiger charge is -2.14. The lowest BCUT2D eigenvalue weighted by molar-refractivity contribution is 0.0541. The van der Waals surface area contributed by atoms with Gasteiger partial charge in [-0.1, -0.05) is 6.58 Å². The number of nitrogens with zero attached hydrogens (tertiary/aromatic N) is 2. The summed E-state index contributed by atoms with van der Waals surface area (Å²) in [5.74, 6) is 0.231. The van der Waals surface area contributed by atoms with Crippen LogP contribution in [0.25, 0.3) is 0 Å². The predicted octanol–water partition coefficient (Wildman–Crippen LogP) is 1.88. The number of rotatable bonds is 4. The zero-order valence-corrected chi connectivity index (χ0v) is 9.86. The van der Waals surface area contributed by atoms with Gasteiger partial charge < -0.3 is 9.64 Å². The maximum atomic E-state index is 11.7. The summed E-state index contributed by atoms with van der Waals surface area (Å²) in [7, 11) is 3.66. The van der Waals surface area contributed by atoms with Crippen molar-refractivity contribution in [1.82, 2.24) is 4.98 Å². The molecule has 0 N–H and O–H groups in total. The Hall–Kier alpha value is -1.84. The van der Waals surface area contributed by atoms with Gasteiger partial charge in [0.1, 0.15) is 18.0 Å². The van der Waals surface area contributed by atoms with Crippen molar-refractivity contribution in [2.45, 2.75) is 6.92 Å². The third-order valence-corrected chi connectivity index (χ3v) is 1.88. The molecular weight excluding hydrogens is 204 g/mol. The highest BCUT2D eigenvalue weighted by molar-refractivity contribution is 5.94. The number of esters is 1. The molecule has 1 aromatic heterocycles. The normalized spacial score (nSPS) is 9.69. The third kappa shape index (κ3) is 3.08.